The Hall–Kier alpha value is -0.180. The van der Waals surface area contributed by atoms with Crippen molar-refractivity contribution in [2.24, 2.45) is 5.41 Å². The summed E-state index contributed by atoms with van der Waals surface area (Å²) in [5, 5.41) is 8.49. The minimum absolute atomic E-state index is 0.293. The van der Waals surface area contributed by atoms with Gasteiger partial charge in [0, 0.05) is 5.75 Å². The van der Waals surface area contributed by atoms with Crippen LogP contribution in [0, 0.1) is 5.41 Å². The molecule has 1 N–H and O–H groups in total. The summed E-state index contributed by atoms with van der Waals surface area (Å²) in [6, 6.07) is 0. The van der Waals surface area contributed by atoms with Crippen LogP contribution in [-0.2, 0) is 4.79 Å². The van der Waals surface area contributed by atoms with Gasteiger partial charge in [0.25, 0.3) is 0 Å². The first kappa shape index (κ1) is 14.8. The lowest BCUT2D eigenvalue weighted by Crippen LogP contribution is -2.16. The Bertz CT molecular complexity index is 182. The van der Waals surface area contributed by atoms with Gasteiger partial charge in [-0.2, -0.15) is 11.8 Å². The molecule has 0 aliphatic rings. The fourth-order valence-corrected chi connectivity index (χ4v) is 2.82. The Morgan fingerprint density at radius 3 is 2.40 bits per heavy atom. The third-order valence-corrected chi connectivity index (χ3v) is 4.00. The summed E-state index contributed by atoms with van der Waals surface area (Å²) < 4.78 is 0. The van der Waals surface area contributed by atoms with Crippen LogP contribution in [0.3, 0.4) is 0 Å². The monoisotopic (exact) mass is 232 g/mol. The lowest BCUT2D eigenvalue weighted by atomic mass is 9.81. The maximum absolute atomic E-state index is 10.3. The summed E-state index contributed by atoms with van der Waals surface area (Å²) in [5.41, 5.74) is 0.463. The minimum Gasteiger partial charge on any atom is -0.481 e. The smallest absolute Gasteiger partial charge is 0.304 e. The molecular weight excluding hydrogens is 208 g/mol. The van der Waals surface area contributed by atoms with Crippen LogP contribution in [-0.4, -0.2) is 22.6 Å². The molecule has 0 radical (unpaired) electrons. The van der Waals surface area contributed by atoms with E-state index in [1.54, 1.807) is 11.8 Å². The van der Waals surface area contributed by atoms with Gasteiger partial charge in [-0.1, -0.05) is 33.6 Å². The van der Waals surface area contributed by atoms with E-state index < -0.39 is 5.97 Å². The summed E-state index contributed by atoms with van der Waals surface area (Å²) in [4.78, 5) is 10.3. The van der Waals surface area contributed by atoms with Gasteiger partial charge in [-0.3, -0.25) is 4.79 Å². The first-order valence-corrected chi connectivity index (χ1v) is 6.99. The number of carboxylic acid groups (broad SMARTS) is 1. The molecule has 90 valence electrons. The van der Waals surface area contributed by atoms with E-state index in [0.29, 0.717) is 11.8 Å². The Labute approximate surface area is 97.8 Å². The van der Waals surface area contributed by atoms with Crippen molar-refractivity contribution < 1.29 is 9.90 Å². The maximum Gasteiger partial charge on any atom is 0.304 e. The van der Waals surface area contributed by atoms with Crippen LogP contribution in [0.2, 0.25) is 0 Å². The van der Waals surface area contributed by atoms with E-state index in [9.17, 15) is 4.79 Å². The molecule has 0 aromatic rings. The van der Waals surface area contributed by atoms with Crippen LogP contribution < -0.4 is 0 Å². The average Bonchev–Trinajstić information content (AvgIpc) is 2.17. The fraction of sp³-hybridized carbons (Fsp3) is 0.917. The van der Waals surface area contributed by atoms with Crippen LogP contribution in [0.15, 0.2) is 0 Å². The van der Waals surface area contributed by atoms with Gasteiger partial charge < -0.3 is 5.11 Å². The largest absolute Gasteiger partial charge is 0.481 e. The van der Waals surface area contributed by atoms with Crippen molar-refractivity contribution in [2.75, 3.05) is 11.5 Å². The van der Waals surface area contributed by atoms with Gasteiger partial charge in [0.2, 0.25) is 0 Å². The molecule has 0 spiro atoms. The number of aliphatic carboxylic acids is 1. The zero-order chi connectivity index (χ0) is 11.7. The van der Waals surface area contributed by atoms with Crippen LogP contribution in [0.25, 0.3) is 0 Å². The molecule has 2 nitrogen and oxygen atoms in total. The van der Waals surface area contributed by atoms with Gasteiger partial charge in [-0.15, -0.1) is 0 Å². The van der Waals surface area contributed by atoms with Crippen LogP contribution in [0.5, 0.6) is 0 Å². The summed E-state index contributed by atoms with van der Waals surface area (Å²) in [7, 11) is 0. The molecule has 1 unspecified atom stereocenters. The molecule has 15 heavy (non-hydrogen) atoms. The number of carboxylic acids is 1. The quantitative estimate of drug-likeness (QED) is 0.614. The standard InChI is InChI=1S/C12H24O2S/c1-4-7-12(3,5-2)8-10-15-9-6-11(13)14/h4-10H2,1-3H3,(H,13,14). The molecular formula is C12H24O2S. The Morgan fingerprint density at radius 1 is 1.27 bits per heavy atom. The first-order valence-electron chi connectivity index (χ1n) is 5.83. The van der Waals surface area contributed by atoms with E-state index in [1.165, 1.54) is 25.7 Å². The van der Waals surface area contributed by atoms with Crippen molar-refractivity contribution >= 4 is 17.7 Å². The van der Waals surface area contributed by atoms with E-state index in [4.69, 9.17) is 5.11 Å². The molecule has 0 saturated carbocycles. The molecule has 0 rings (SSSR count). The first-order chi connectivity index (χ1) is 7.04. The highest BCUT2D eigenvalue weighted by atomic mass is 32.2. The highest BCUT2D eigenvalue weighted by molar-refractivity contribution is 7.99. The molecule has 0 aliphatic carbocycles. The van der Waals surface area contributed by atoms with E-state index in [0.717, 1.165) is 11.5 Å². The highest BCUT2D eigenvalue weighted by Crippen LogP contribution is 2.32. The second-order valence-electron chi connectivity index (χ2n) is 4.42. The second kappa shape index (κ2) is 8.03. The fourth-order valence-electron chi connectivity index (χ4n) is 1.66. The lowest BCUT2D eigenvalue weighted by Gasteiger charge is -2.27. The number of thioether (sulfide) groups is 1. The number of hydrogen-bond donors (Lipinski definition) is 1. The second-order valence-corrected chi connectivity index (χ2v) is 5.65. The zero-order valence-electron chi connectivity index (χ0n) is 10.2. The Balaban J connectivity index is 3.58. The Kier molecular flexibility index (Phi) is 7.93. The van der Waals surface area contributed by atoms with Gasteiger partial charge in [0.1, 0.15) is 0 Å². The zero-order valence-corrected chi connectivity index (χ0v) is 11.0. The van der Waals surface area contributed by atoms with Gasteiger partial charge >= 0.3 is 5.97 Å². The summed E-state index contributed by atoms with van der Waals surface area (Å²) in [6.45, 7) is 6.82. The van der Waals surface area contributed by atoms with E-state index in [-0.39, 0.29) is 0 Å². The number of hydrogen-bond acceptors (Lipinski definition) is 2. The third kappa shape index (κ3) is 7.71. The van der Waals surface area contributed by atoms with Crippen molar-refractivity contribution in [1.29, 1.82) is 0 Å². The molecule has 1 atom stereocenters. The van der Waals surface area contributed by atoms with Gasteiger partial charge in [0.15, 0.2) is 0 Å². The van der Waals surface area contributed by atoms with E-state index in [1.807, 2.05) is 0 Å². The van der Waals surface area contributed by atoms with Crippen molar-refractivity contribution in [1.82, 2.24) is 0 Å². The molecule has 0 amide bonds. The summed E-state index contributed by atoms with van der Waals surface area (Å²) >= 11 is 1.77. The topological polar surface area (TPSA) is 37.3 Å². The molecule has 0 aliphatic heterocycles. The molecule has 0 bridgehead atoms. The van der Waals surface area contributed by atoms with Crippen molar-refractivity contribution in [3.05, 3.63) is 0 Å². The van der Waals surface area contributed by atoms with E-state index in [2.05, 4.69) is 20.8 Å². The van der Waals surface area contributed by atoms with E-state index >= 15 is 0 Å². The number of rotatable bonds is 9. The molecule has 0 aromatic carbocycles. The molecule has 0 heterocycles. The predicted octanol–water partition coefficient (Wildman–Crippen LogP) is 3.80. The molecule has 3 heteroatoms. The molecule has 0 fully saturated rings. The van der Waals surface area contributed by atoms with Gasteiger partial charge in [0.05, 0.1) is 6.42 Å². The van der Waals surface area contributed by atoms with Crippen LogP contribution >= 0.6 is 11.8 Å². The highest BCUT2D eigenvalue weighted by Gasteiger charge is 2.20. The normalized spacial score (nSPS) is 14.9. The summed E-state index contributed by atoms with van der Waals surface area (Å²) in [6.07, 6.45) is 5.25. The number of carbonyl (C=O) groups is 1. The lowest BCUT2D eigenvalue weighted by molar-refractivity contribution is -0.136. The van der Waals surface area contributed by atoms with Crippen LogP contribution in [0.4, 0.5) is 0 Å². The Morgan fingerprint density at radius 2 is 1.93 bits per heavy atom. The maximum atomic E-state index is 10.3. The van der Waals surface area contributed by atoms with Crippen molar-refractivity contribution in [3.8, 4) is 0 Å². The molecule has 0 aromatic heterocycles. The van der Waals surface area contributed by atoms with Gasteiger partial charge in [-0.05, 0) is 24.0 Å². The SMILES string of the molecule is CCCC(C)(CC)CCSCCC(=O)O. The predicted molar refractivity (Wildman–Crippen MR) is 67.5 cm³/mol. The minimum atomic E-state index is -0.686. The van der Waals surface area contributed by atoms with Gasteiger partial charge in [-0.25, -0.2) is 0 Å². The summed E-state index contributed by atoms with van der Waals surface area (Å²) in [5.74, 6) is 1.16. The van der Waals surface area contributed by atoms with Crippen LogP contribution in [0.1, 0.15) is 52.9 Å². The third-order valence-electron chi connectivity index (χ3n) is 3.02. The average molecular weight is 232 g/mol. The van der Waals surface area contributed by atoms with Crippen molar-refractivity contribution in [3.63, 3.8) is 0 Å². The molecule has 0 saturated heterocycles. The van der Waals surface area contributed by atoms with Crippen molar-refractivity contribution in [2.45, 2.75) is 52.9 Å².